The van der Waals surface area contributed by atoms with Crippen molar-refractivity contribution in [3.8, 4) is 5.75 Å². The minimum atomic E-state index is -3.62. The van der Waals surface area contributed by atoms with Gasteiger partial charge in [0.25, 0.3) is 5.91 Å². The number of rotatable bonds is 8. The summed E-state index contributed by atoms with van der Waals surface area (Å²) in [6, 6.07) is 12.1. The van der Waals surface area contributed by atoms with E-state index in [4.69, 9.17) is 9.92 Å². The summed E-state index contributed by atoms with van der Waals surface area (Å²) in [5, 5.41) is 5.88. The average molecular weight is 431 g/mol. The standard InChI is InChI=1S/C19H18FN5O4S/c1-30(27,28)29-15-7-5-14(6-8-15)24-19-23-11-16(17(21)26)18(25-19)22-10-12-3-2-4-13(20)9-12/h2-9,11H,10H2,1H3,(H2,21,26)(H2,22,23,24,25). The SMILES string of the molecule is CS(=O)(=O)Oc1ccc(Nc2ncc(C(N)=O)c(NCc3cccc(F)c3)n2)cc1. The number of anilines is 3. The summed E-state index contributed by atoms with van der Waals surface area (Å²) in [5.41, 5.74) is 6.66. The molecule has 0 saturated carbocycles. The number of carbonyl (C=O) groups excluding carboxylic acids is 1. The van der Waals surface area contributed by atoms with Crippen molar-refractivity contribution in [1.29, 1.82) is 0 Å². The predicted molar refractivity (Wildman–Crippen MR) is 109 cm³/mol. The molecule has 1 amide bonds. The number of hydrogen-bond donors (Lipinski definition) is 3. The van der Waals surface area contributed by atoms with Crippen LogP contribution in [-0.2, 0) is 16.7 Å². The van der Waals surface area contributed by atoms with Crippen molar-refractivity contribution in [3.63, 3.8) is 0 Å². The normalized spacial score (nSPS) is 11.0. The minimum Gasteiger partial charge on any atom is -0.383 e. The lowest BCUT2D eigenvalue weighted by Gasteiger charge is -2.12. The second-order valence-electron chi connectivity index (χ2n) is 6.24. The van der Waals surface area contributed by atoms with Gasteiger partial charge in [-0.15, -0.1) is 0 Å². The zero-order valence-corrected chi connectivity index (χ0v) is 16.6. The highest BCUT2D eigenvalue weighted by Gasteiger charge is 2.13. The van der Waals surface area contributed by atoms with E-state index in [1.165, 1.54) is 30.5 Å². The van der Waals surface area contributed by atoms with Crippen LogP contribution in [0.2, 0.25) is 0 Å². The lowest BCUT2D eigenvalue weighted by Crippen LogP contribution is -2.17. The first-order chi connectivity index (χ1) is 14.2. The Hall–Kier alpha value is -3.73. The number of benzene rings is 2. The molecule has 0 bridgehead atoms. The van der Waals surface area contributed by atoms with Crippen LogP contribution in [-0.4, -0.2) is 30.5 Å². The smallest absolute Gasteiger partial charge is 0.306 e. The molecule has 9 nitrogen and oxygen atoms in total. The molecule has 0 atom stereocenters. The molecule has 0 aliphatic heterocycles. The van der Waals surface area contributed by atoms with Gasteiger partial charge in [-0.05, 0) is 42.0 Å². The molecule has 2 aromatic carbocycles. The number of carbonyl (C=O) groups is 1. The Morgan fingerprint density at radius 3 is 2.57 bits per heavy atom. The molecule has 11 heteroatoms. The van der Waals surface area contributed by atoms with E-state index in [0.717, 1.165) is 6.26 Å². The number of halogens is 1. The fourth-order valence-electron chi connectivity index (χ4n) is 2.49. The molecular weight excluding hydrogens is 413 g/mol. The monoisotopic (exact) mass is 431 g/mol. The van der Waals surface area contributed by atoms with Gasteiger partial charge < -0.3 is 20.6 Å². The van der Waals surface area contributed by atoms with Crippen molar-refractivity contribution in [1.82, 2.24) is 9.97 Å². The molecule has 3 rings (SSSR count). The van der Waals surface area contributed by atoms with Gasteiger partial charge in [-0.1, -0.05) is 12.1 Å². The quantitative estimate of drug-likeness (QED) is 0.463. The maximum Gasteiger partial charge on any atom is 0.306 e. The summed E-state index contributed by atoms with van der Waals surface area (Å²) in [6.07, 6.45) is 2.22. The summed E-state index contributed by atoms with van der Waals surface area (Å²) in [4.78, 5) is 20.0. The number of primary amides is 1. The van der Waals surface area contributed by atoms with Gasteiger partial charge in [-0.25, -0.2) is 9.37 Å². The van der Waals surface area contributed by atoms with E-state index in [1.807, 2.05) is 0 Å². The van der Waals surface area contributed by atoms with Crippen molar-refractivity contribution >= 4 is 33.5 Å². The van der Waals surface area contributed by atoms with Crippen LogP contribution >= 0.6 is 0 Å². The van der Waals surface area contributed by atoms with E-state index in [-0.39, 0.29) is 35.4 Å². The molecule has 156 valence electrons. The first kappa shape index (κ1) is 21.0. The van der Waals surface area contributed by atoms with Crippen LogP contribution in [0, 0.1) is 5.82 Å². The Morgan fingerprint density at radius 2 is 1.93 bits per heavy atom. The zero-order valence-electron chi connectivity index (χ0n) is 15.8. The summed E-state index contributed by atoms with van der Waals surface area (Å²) in [7, 11) is -3.62. The third-order valence-electron chi connectivity index (χ3n) is 3.76. The highest BCUT2D eigenvalue weighted by molar-refractivity contribution is 7.86. The van der Waals surface area contributed by atoms with Crippen LogP contribution in [0.4, 0.5) is 21.8 Å². The van der Waals surface area contributed by atoms with E-state index in [9.17, 15) is 17.6 Å². The fourth-order valence-corrected chi connectivity index (χ4v) is 2.95. The molecule has 0 spiro atoms. The molecule has 0 unspecified atom stereocenters. The van der Waals surface area contributed by atoms with E-state index in [0.29, 0.717) is 11.3 Å². The number of nitrogens with two attached hydrogens (primary N) is 1. The van der Waals surface area contributed by atoms with E-state index in [1.54, 1.807) is 24.3 Å². The molecule has 0 aliphatic rings. The molecule has 1 heterocycles. The fraction of sp³-hybridized carbons (Fsp3) is 0.105. The van der Waals surface area contributed by atoms with Gasteiger partial charge in [-0.3, -0.25) is 4.79 Å². The molecule has 4 N–H and O–H groups in total. The van der Waals surface area contributed by atoms with E-state index in [2.05, 4.69) is 20.6 Å². The first-order valence-corrected chi connectivity index (χ1v) is 10.4. The van der Waals surface area contributed by atoms with Crippen LogP contribution in [0.1, 0.15) is 15.9 Å². The van der Waals surface area contributed by atoms with Crippen molar-refractivity contribution in [2.75, 3.05) is 16.9 Å². The Bertz CT molecular complexity index is 1170. The van der Waals surface area contributed by atoms with Gasteiger partial charge in [0.05, 0.1) is 11.8 Å². The lowest BCUT2D eigenvalue weighted by atomic mass is 10.2. The molecule has 30 heavy (non-hydrogen) atoms. The van der Waals surface area contributed by atoms with Gasteiger partial charge >= 0.3 is 10.1 Å². The average Bonchev–Trinajstić information content (AvgIpc) is 2.67. The van der Waals surface area contributed by atoms with Gasteiger partial charge in [0.15, 0.2) is 0 Å². The van der Waals surface area contributed by atoms with Crippen LogP contribution in [0.25, 0.3) is 0 Å². The Labute approximate surface area is 172 Å². The molecule has 0 radical (unpaired) electrons. The Morgan fingerprint density at radius 1 is 1.20 bits per heavy atom. The van der Waals surface area contributed by atoms with Gasteiger partial charge in [0.1, 0.15) is 17.4 Å². The van der Waals surface area contributed by atoms with Crippen LogP contribution in [0.15, 0.2) is 54.7 Å². The second-order valence-corrected chi connectivity index (χ2v) is 7.82. The number of nitrogens with one attached hydrogen (secondary N) is 2. The Kier molecular flexibility index (Phi) is 6.11. The zero-order chi connectivity index (χ0) is 21.7. The maximum atomic E-state index is 13.3. The maximum absolute atomic E-state index is 13.3. The number of aromatic nitrogens is 2. The molecule has 1 aromatic heterocycles. The molecular formula is C19H18FN5O4S. The van der Waals surface area contributed by atoms with Crippen molar-refractivity contribution in [2.45, 2.75) is 6.54 Å². The highest BCUT2D eigenvalue weighted by Crippen LogP contribution is 2.21. The topological polar surface area (TPSA) is 136 Å². The largest absolute Gasteiger partial charge is 0.383 e. The first-order valence-electron chi connectivity index (χ1n) is 8.61. The highest BCUT2D eigenvalue weighted by atomic mass is 32.2. The summed E-state index contributed by atoms with van der Waals surface area (Å²) < 4.78 is 40.4. The minimum absolute atomic E-state index is 0.0776. The molecule has 3 aromatic rings. The van der Waals surface area contributed by atoms with Gasteiger partial charge in [-0.2, -0.15) is 13.4 Å². The summed E-state index contributed by atoms with van der Waals surface area (Å²) in [6.45, 7) is 0.214. The number of nitrogens with zero attached hydrogens (tertiary/aromatic N) is 2. The van der Waals surface area contributed by atoms with E-state index < -0.39 is 16.0 Å². The third kappa shape index (κ3) is 5.88. The molecule has 0 saturated heterocycles. The van der Waals surface area contributed by atoms with E-state index >= 15 is 0 Å². The number of hydrogen-bond acceptors (Lipinski definition) is 8. The third-order valence-corrected chi connectivity index (χ3v) is 4.26. The van der Waals surface area contributed by atoms with Crippen LogP contribution < -0.4 is 20.6 Å². The van der Waals surface area contributed by atoms with Crippen molar-refractivity contribution in [2.24, 2.45) is 5.73 Å². The van der Waals surface area contributed by atoms with Gasteiger partial charge in [0.2, 0.25) is 5.95 Å². The molecule has 0 aliphatic carbocycles. The van der Waals surface area contributed by atoms with Crippen molar-refractivity contribution in [3.05, 3.63) is 71.7 Å². The lowest BCUT2D eigenvalue weighted by molar-refractivity contribution is 0.100. The summed E-state index contributed by atoms with van der Waals surface area (Å²) in [5.74, 6) is -0.589. The number of amides is 1. The second kappa shape index (κ2) is 8.74. The molecule has 0 fully saturated rings. The van der Waals surface area contributed by atoms with Crippen LogP contribution in [0.5, 0.6) is 5.75 Å². The van der Waals surface area contributed by atoms with Crippen LogP contribution in [0.3, 0.4) is 0 Å². The predicted octanol–water partition coefficient (Wildman–Crippen LogP) is 2.41. The van der Waals surface area contributed by atoms with Crippen molar-refractivity contribution < 1.29 is 21.8 Å². The summed E-state index contributed by atoms with van der Waals surface area (Å²) >= 11 is 0. The Balaban J connectivity index is 1.77. The van der Waals surface area contributed by atoms with Gasteiger partial charge in [0, 0.05) is 18.4 Å².